The smallest absolute Gasteiger partial charge is 0.319 e. The van der Waals surface area contributed by atoms with Gasteiger partial charge in [0, 0.05) is 30.3 Å². The van der Waals surface area contributed by atoms with E-state index in [0.717, 1.165) is 26.1 Å². The monoisotopic (exact) mass is 297 g/mol. The number of amides is 2. The minimum Gasteiger partial charge on any atom is -0.375 e. The topological polar surface area (TPSA) is 53.6 Å². The molecule has 1 unspecified atom stereocenters. The largest absolute Gasteiger partial charge is 0.375 e. The van der Waals surface area contributed by atoms with Gasteiger partial charge in [0.2, 0.25) is 0 Å². The maximum atomic E-state index is 11.7. The first-order valence-corrected chi connectivity index (χ1v) is 7.12. The van der Waals surface area contributed by atoms with Crippen LogP contribution in [0.4, 0.5) is 10.5 Å². The lowest BCUT2D eigenvalue weighted by molar-refractivity contribution is -0.0224. The molecule has 0 radical (unpaired) electrons. The number of carbonyl (C=O) groups excluding carboxylic acids is 1. The van der Waals surface area contributed by atoms with Gasteiger partial charge in [-0.25, -0.2) is 4.79 Å². The second-order valence-electron chi connectivity index (χ2n) is 4.93. The first kappa shape index (κ1) is 15.1. The third kappa shape index (κ3) is 5.00. The van der Waals surface area contributed by atoms with Gasteiger partial charge in [-0.05, 0) is 31.7 Å². The molecule has 0 spiro atoms. The number of benzene rings is 1. The van der Waals surface area contributed by atoms with Crippen LogP contribution in [0.5, 0.6) is 0 Å². The van der Waals surface area contributed by atoms with Crippen molar-refractivity contribution < 1.29 is 9.53 Å². The average molecular weight is 298 g/mol. The molecule has 2 amide bonds. The third-order valence-electron chi connectivity index (χ3n) is 3.18. The molecule has 1 aromatic carbocycles. The fourth-order valence-electron chi connectivity index (χ4n) is 2.13. The standard InChI is InChI=1S/C14H20ClN3O2/c1-18-7-8-20-13(10-18)5-6-16-14(19)17-12-4-2-3-11(15)9-12/h2-4,9,13H,5-8,10H2,1H3,(H2,16,17,19). The maximum absolute atomic E-state index is 11.7. The molecule has 110 valence electrons. The maximum Gasteiger partial charge on any atom is 0.319 e. The lowest BCUT2D eigenvalue weighted by atomic mass is 10.2. The molecule has 2 N–H and O–H groups in total. The Labute approximate surface area is 124 Å². The Balaban J connectivity index is 1.67. The Kier molecular flexibility index (Phi) is 5.64. The quantitative estimate of drug-likeness (QED) is 0.896. The first-order valence-electron chi connectivity index (χ1n) is 6.74. The molecule has 0 saturated carbocycles. The molecular formula is C14H20ClN3O2. The highest BCUT2D eigenvalue weighted by Gasteiger charge is 2.17. The third-order valence-corrected chi connectivity index (χ3v) is 3.41. The van der Waals surface area contributed by atoms with Crippen LogP contribution >= 0.6 is 11.6 Å². The molecule has 20 heavy (non-hydrogen) atoms. The number of morpholine rings is 1. The molecule has 6 heteroatoms. The highest BCUT2D eigenvalue weighted by atomic mass is 35.5. The molecule has 1 fully saturated rings. The van der Waals surface area contributed by atoms with Crippen LogP contribution < -0.4 is 10.6 Å². The van der Waals surface area contributed by atoms with Gasteiger partial charge in [0.05, 0.1) is 12.7 Å². The number of hydrogen-bond acceptors (Lipinski definition) is 3. The minimum absolute atomic E-state index is 0.195. The van der Waals surface area contributed by atoms with Crippen LogP contribution in [0.25, 0.3) is 0 Å². The van der Waals surface area contributed by atoms with Gasteiger partial charge in [0.1, 0.15) is 0 Å². The molecule has 2 rings (SSSR count). The lowest BCUT2D eigenvalue weighted by Gasteiger charge is -2.30. The van der Waals surface area contributed by atoms with Gasteiger partial charge in [0.15, 0.2) is 0 Å². The lowest BCUT2D eigenvalue weighted by Crippen LogP contribution is -2.42. The van der Waals surface area contributed by atoms with Crippen molar-refractivity contribution in [2.24, 2.45) is 0 Å². The van der Waals surface area contributed by atoms with E-state index in [1.165, 1.54) is 0 Å². The van der Waals surface area contributed by atoms with E-state index in [0.29, 0.717) is 17.3 Å². The summed E-state index contributed by atoms with van der Waals surface area (Å²) in [7, 11) is 2.08. The van der Waals surface area contributed by atoms with E-state index in [1.807, 2.05) is 0 Å². The van der Waals surface area contributed by atoms with Crippen molar-refractivity contribution in [2.45, 2.75) is 12.5 Å². The van der Waals surface area contributed by atoms with Crippen molar-refractivity contribution in [1.82, 2.24) is 10.2 Å². The zero-order chi connectivity index (χ0) is 14.4. The average Bonchev–Trinajstić information content (AvgIpc) is 2.38. The summed E-state index contributed by atoms with van der Waals surface area (Å²) in [5, 5.41) is 6.16. The van der Waals surface area contributed by atoms with Gasteiger partial charge < -0.3 is 20.3 Å². The van der Waals surface area contributed by atoms with Gasteiger partial charge in [0.25, 0.3) is 0 Å². The van der Waals surface area contributed by atoms with Crippen LogP contribution in [-0.2, 0) is 4.74 Å². The summed E-state index contributed by atoms with van der Waals surface area (Å²) in [6, 6.07) is 6.84. The van der Waals surface area contributed by atoms with Crippen LogP contribution in [0.15, 0.2) is 24.3 Å². The van der Waals surface area contributed by atoms with Gasteiger partial charge in [-0.3, -0.25) is 0 Å². The van der Waals surface area contributed by atoms with Crippen molar-refractivity contribution in [1.29, 1.82) is 0 Å². The number of anilines is 1. The zero-order valence-electron chi connectivity index (χ0n) is 11.6. The number of rotatable bonds is 4. The summed E-state index contributed by atoms with van der Waals surface area (Å²) in [4.78, 5) is 13.9. The molecule has 1 atom stereocenters. The number of carbonyl (C=O) groups is 1. The van der Waals surface area contributed by atoms with E-state index in [2.05, 4.69) is 22.6 Å². The van der Waals surface area contributed by atoms with E-state index in [9.17, 15) is 4.79 Å². The highest BCUT2D eigenvalue weighted by Crippen LogP contribution is 2.14. The fourth-order valence-corrected chi connectivity index (χ4v) is 2.32. The van der Waals surface area contributed by atoms with Crippen LogP contribution in [0.1, 0.15) is 6.42 Å². The molecule has 5 nitrogen and oxygen atoms in total. The van der Waals surface area contributed by atoms with E-state index >= 15 is 0 Å². The first-order chi connectivity index (χ1) is 9.63. The summed E-state index contributed by atoms with van der Waals surface area (Å²) in [6.07, 6.45) is 1.01. The summed E-state index contributed by atoms with van der Waals surface area (Å²) in [5.41, 5.74) is 0.684. The molecule has 1 aliphatic rings. The van der Waals surface area contributed by atoms with E-state index in [4.69, 9.17) is 16.3 Å². The van der Waals surface area contributed by atoms with Crippen molar-refractivity contribution >= 4 is 23.3 Å². The number of nitrogens with zero attached hydrogens (tertiary/aromatic N) is 1. The van der Waals surface area contributed by atoms with Crippen LogP contribution in [0, 0.1) is 0 Å². The molecule has 1 saturated heterocycles. The normalized spacial score (nSPS) is 19.6. The van der Waals surface area contributed by atoms with Gasteiger partial charge >= 0.3 is 6.03 Å². The Morgan fingerprint density at radius 3 is 3.15 bits per heavy atom. The zero-order valence-corrected chi connectivity index (χ0v) is 12.3. The van der Waals surface area contributed by atoms with Gasteiger partial charge in [-0.15, -0.1) is 0 Å². The van der Waals surface area contributed by atoms with Crippen molar-refractivity contribution in [3.63, 3.8) is 0 Å². The Morgan fingerprint density at radius 2 is 2.40 bits per heavy atom. The number of nitrogens with one attached hydrogen (secondary N) is 2. The number of urea groups is 1. The van der Waals surface area contributed by atoms with Crippen LogP contribution in [0.3, 0.4) is 0 Å². The van der Waals surface area contributed by atoms with Crippen LogP contribution in [0.2, 0.25) is 5.02 Å². The Morgan fingerprint density at radius 1 is 1.55 bits per heavy atom. The SMILES string of the molecule is CN1CCOC(CCNC(=O)Nc2cccc(Cl)c2)C1. The molecule has 1 aliphatic heterocycles. The van der Waals surface area contributed by atoms with Crippen LogP contribution in [-0.4, -0.2) is 50.3 Å². The van der Waals surface area contributed by atoms with Gasteiger partial charge in [-0.1, -0.05) is 17.7 Å². The van der Waals surface area contributed by atoms with E-state index in [1.54, 1.807) is 24.3 Å². The second kappa shape index (κ2) is 7.47. The predicted molar refractivity (Wildman–Crippen MR) is 80.3 cm³/mol. The predicted octanol–water partition coefficient (Wildman–Crippen LogP) is 2.18. The summed E-state index contributed by atoms with van der Waals surface area (Å²) in [5.74, 6) is 0. The summed E-state index contributed by atoms with van der Waals surface area (Å²) < 4.78 is 5.63. The number of halogens is 1. The minimum atomic E-state index is -0.226. The fraction of sp³-hybridized carbons (Fsp3) is 0.500. The van der Waals surface area contributed by atoms with E-state index < -0.39 is 0 Å². The summed E-state index contributed by atoms with van der Waals surface area (Å²) in [6.45, 7) is 3.23. The van der Waals surface area contributed by atoms with Crippen molar-refractivity contribution in [3.05, 3.63) is 29.3 Å². The number of likely N-dealkylation sites (N-methyl/N-ethyl adjacent to an activating group) is 1. The number of hydrogen-bond donors (Lipinski definition) is 2. The molecule has 1 aromatic rings. The van der Waals surface area contributed by atoms with Crippen molar-refractivity contribution in [2.75, 3.05) is 38.6 Å². The van der Waals surface area contributed by atoms with Crippen molar-refractivity contribution in [3.8, 4) is 0 Å². The molecule has 0 bridgehead atoms. The van der Waals surface area contributed by atoms with Gasteiger partial charge in [-0.2, -0.15) is 0 Å². The number of ether oxygens (including phenoxy) is 1. The molecular weight excluding hydrogens is 278 g/mol. The molecule has 0 aliphatic carbocycles. The second-order valence-corrected chi connectivity index (χ2v) is 5.37. The molecule has 0 aromatic heterocycles. The Bertz CT molecular complexity index is 456. The molecule has 1 heterocycles. The highest BCUT2D eigenvalue weighted by molar-refractivity contribution is 6.30. The summed E-state index contributed by atoms with van der Waals surface area (Å²) >= 11 is 5.85. The van der Waals surface area contributed by atoms with E-state index in [-0.39, 0.29) is 12.1 Å². The Hall–Kier alpha value is -1.30.